The van der Waals surface area contributed by atoms with Crippen molar-refractivity contribution in [1.29, 1.82) is 0 Å². The number of unbranched alkanes of at least 4 members (excludes halogenated alkanes) is 2. The minimum Gasteiger partial charge on any atom is -0.415 e. The Kier molecular flexibility index (Phi) is 11.9. The lowest BCUT2D eigenvalue weighted by atomic mass is 10.2. The monoisotopic (exact) mass is 289 g/mol. The highest BCUT2D eigenvalue weighted by Gasteiger charge is 2.13. The van der Waals surface area contributed by atoms with Crippen LogP contribution in [0.2, 0.25) is 19.6 Å². The molecule has 4 heteroatoms. The van der Waals surface area contributed by atoms with Crippen LogP contribution in [0.1, 0.15) is 39.5 Å². The SMILES string of the molecule is CCCCN(CCCC)CCOCCO[Si](C)(C)C. The number of hydrogen-bond donors (Lipinski definition) is 0. The van der Waals surface area contributed by atoms with Gasteiger partial charge in [0.25, 0.3) is 0 Å². The summed E-state index contributed by atoms with van der Waals surface area (Å²) in [6.45, 7) is 17.0. The van der Waals surface area contributed by atoms with Crippen LogP contribution >= 0.6 is 0 Å². The predicted octanol–water partition coefficient (Wildman–Crippen LogP) is 3.76. The summed E-state index contributed by atoms with van der Waals surface area (Å²) in [6.07, 6.45) is 5.13. The lowest BCUT2D eigenvalue weighted by Crippen LogP contribution is -2.31. The maximum atomic E-state index is 5.77. The van der Waals surface area contributed by atoms with E-state index in [0.29, 0.717) is 0 Å². The first-order valence-corrected chi connectivity index (χ1v) is 11.3. The lowest BCUT2D eigenvalue weighted by molar-refractivity contribution is 0.0772. The Morgan fingerprint density at radius 3 is 1.84 bits per heavy atom. The zero-order valence-corrected chi connectivity index (χ0v) is 14.8. The van der Waals surface area contributed by atoms with Gasteiger partial charge in [-0.3, -0.25) is 0 Å². The third-order valence-corrected chi connectivity index (χ3v) is 4.04. The van der Waals surface area contributed by atoms with E-state index in [9.17, 15) is 0 Å². The standard InChI is InChI=1S/C15H35NO2Si/c1-6-8-10-16(11-9-7-2)12-13-17-14-15-18-19(3,4)5/h6-15H2,1-5H3. The van der Waals surface area contributed by atoms with E-state index in [0.717, 1.165) is 26.4 Å². The maximum Gasteiger partial charge on any atom is 0.183 e. The highest BCUT2D eigenvalue weighted by Crippen LogP contribution is 2.02. The molecule has 3 nitrogen and oxygen atoms in total. The molecule has 116 valence electrons. The number of hydrogen-bond acceptors (Lipinski definition) is 3. The Balaban J connectivity index is 3.56. The number of ether oxygens (including phenoxy) is 1. The van der Waals surface area contributed by atoms with E-state index in [1.54, 1.807) is 0 Å². The Hall–Kier alpha value is 0.0969. The van der Waals surface area contributed by atoms with Crippen molar-refractivity contribution < 1.29 is 9.16 Å². The molecule has 0 aliphatic rings. The van der Waals surface area contributed by atoms with Crippen LogP contribution in [0.3, 0.4) is 0 Å². The molecular weight excluding hydrogens is 254 g/mol. The smallest absolute Gasteiger partial charge is 0.183 e. The molecule has 0 amide bonds. The minimum absolute atomic E-state index is 0.736. The van der Waals surface area contributed by atoms with E-state index in [-0.39, 0.29) is 0 Å². The summed E-state index contributed by atoms with van der Waals surface area (Å²) in [7, 11) is -1.36. The molecule has 0 fully saturated rings. The molecule has 0 aromatic rings. The molecule has 0 aromatic heterocycles. The lowest BCUT2D eigenvalue weighted by Gasteiger charge is -2.22. The minimum atomic E-state index is -1.36. The molecule has 0 heterocycles. The van der Waals surface area contributed by atoms with Crippen molar-refractivity contribution in [3.63, 3.8) is 0 Å². The van der Waals surface area contributed by atoms with Gasteiger partial charge in [0.1, 0.15) is 0 Å². The van der Waals surface area contributed by atoms with E-state index in [1.807, 2.05) is 0 Å². The summed E-state index contributed by atoms with van der Waals surface area (Å²) >= 11 is 0. The third-order valence-electron chi connectivity index (χ3n) is 2.97. The normalized spacial score (nSPS) is 12.3. The molecule has 0 aromatic carbocycles. The van der Waals surface area contributed by atoms with Gasteiger partial charge in [0.15, 0.2) is 8.32 Å². The first-order chi connectivity index (χ1) is 8.99. The van der Waals surface area contributed by atoms with Gasteiger partial charge < -0.3 is 14.1 Å². The van der Waals surface area contributed by atoms with Crippen LogP contribution in [-0.4, -0.2) is 52.7 Å². The van der Waals surface area contributed by atoms with Crippen LogP contribution in [0.5, 0.6) is 0 Å². The van der Waals surface area contributed by atoms with Crippen molar-refractivity contribution >= 4 is 8.32 Å². The molecule has 0 N–H and O–H groups in total. The highest BCUT2D eigenvalue weighted by atomic mass is 28.4. The zero-order chi connectivity index (χ0) is 14.6. The molecule has 0 radical (unpaired) electrons. The van der Waals surface area contributed by atoms with Gasteiger partial charge >= 0.3 is 0 Å². The van der Waals surface area contributed by atoms with E-state index in [4.69, 9.17) is 9.16 Å². The zero-order valence-electron chi connectivity index (χ0n) is 13.8. The third kappa shape index (κ3) is 14.3. The summed E-state index contributed by atoms with van der Waals surface area (Å²) in [5.74, 6) is 0. The number of rotatable bonds is 13. The van der Waals surface area contributed by atoms with Gasteiger partial charge in [-0.2, -0.15) is 0 Å². The van der Waals surface area contributed by atoms with E-state index < -0.39 is 8.32 Å². The van der Waals surface area contributed by atoms with E-state index >= 15 is 0 Å². The second-order valence-electron chi connectivity index (χ2n) is 6.12. The summed E-state index contributed by atoms with van der Waals surface area (Å²) < 4.78 is 11.4. The maximum absolute atomic E-state index is 5.77. The van der Waals surface area contributed by atoms with Gasteiger partial charge in [-0.25, -0.2) is 0 Å². The average molecular weight is 290 g/mol. The van der Waals surface area contributed by atoms with Crippen LogP contribution in [0.15, 0.2) is 0 Å². The van der Waals surface area contributed by atoms with Crippen molar-refractivity contribution in [2.24, 2.45) is 0 Å². The van der Waals surface area contributed by atoms with Crippen molar-refractivity contribution in [1.82, 2.24) is 4.90 Å². The molecule has 0 saturated heterocycles. The molecule has 0 bridgehead atoms. The fourth-order valence-corrected chi connectivity index (χ4v) is 2.50. The van der Waals surface area contributed by atoms with Crippen molar-refractivity contribution in [2.45, 2.75) is 59.2 Å². The van der Waals surface area contributed by atoms with E-state index in [1.165, 1.54) is 38.8 Å². The summed E-state index contributed by atoms with van der Waals surface area (Å²) in [5.41, 5.74) is 0. The highest BCUT2D eigenvalue weighted by molar-refractivity contribution is 6.69. The fraction of sp³-hybridized carbons (Fsp3) is 1.00. The van der Waals surface area contributed by atoms with Crippen LogP contribution < -0.4 is 0 Å². The van der Waals surface area contributed by atoms with Crippen LogP contribution in [0, 0.1) is 0 Å². The van der Waals surface area contributed by atoms with Gasteiger partial charge in [-0.1, -0.05) is 26.7 Å². The molecule has 0 aliphatic carbocycles. The average Bonchev–Trinajstić information content (AvgIpc) is 2.34. The van der Waals surface area contributed by atoms with Crippen molar-refractivity contribution in [2.75, 3.05) is 39.5 Å². The van der Waals surface area contributed by atoms with Gasteiger partial charge in [0.2, 0.25) is 0 Å². The molecule has 0 saturated carbocycles. The summed E-state index contributed by atoms with van der Waals surface area (Å²) in [5, 5.41) is 0. The van der Waals surface area contributed by atoms with Gasteiger partial charge in [0.05, 0.1) is 19.8 Å². The summed E-state index contributed by atoms with van der Waals surface area (Å²) in [4.78, 5) is 2.53. The first kappa shape index (κ1) is 19.1. The van der Waals surface area contributed by atoms with Gasteiger partial charge in [0, 0.05) is 6.54 Å². The second-order valence-corrected chi connectivity index (χ2v) is 10.6. The Bertz CT molecular complexity index is 187. The topological polar surface area (TPSA) is 21.7 Å². The van der Waals surface area contributed by atoms with Crippen LogP contribution in [0.25, 0.3) is 0 Å². The molecule has 19 heavy (non-hydrogen) atoms. The molecule has 0 atom stereocenters. The Morgan fingerprint density at radius 1 is 0.789 bits per heavy atom. The van der Waals surface area contributed by atoms with Crippen molar-refractivity contribution in [3.8, 4) is 0 Å². The Labute approximate surface area is 121 Å². The fourth-order valence-electron chi connectivity index (χ4n) is 1.80. The van der Waals surface area contributed by atoms with E-state index in [2.05, 4.69) is 38.4 Å². The Morgan fingerprint density at radius 2 is 1.37 bits per heavy atom. The molecule has 0 rings (SSSR count). The molecular formula is C15H35NO2Si. The summed E-state index contributed by atoms with van der Waals surface area (Å²) in [6, 6.07) is 0. The number of nitrogens with zero attached hydrogens (tertiary/aromatic N) is 1. The molecule has 0 spiro atoms. The molecule has 0 aliphatic heterocycles. The predicted molar refractivity (Wildman–Crippen MR) is 86.4 cm³/mol. The van der Waals surface area contributed by atoms with Gasteiger partial charge in [-0.15, -0.1) is 0 Å². The molecule has 0 unspecified atom stereocenters. The second kappa shape index (κ2) is 11.9. The van der Waals surface area contributed by atoms with Crippen LogP contribution in [-0.2, 0) is 9.16 Å². The largest absolute Gasteiger partial charge is 0.415 e. The van der Waals surface area contributed by atoms with Crippen LogP contribution in [0.4, 0.5) is 0 Å². The van der Waals surface area contributed by atoms with Gasteiger partial charge in [-0.05, 0) is 45.6 Å². The van der Waals surface area contributed by atoms with Crippen molar-refractivity contribution in [3.05, 3.63) is 0 Å². The first-order valence-electron chi connectivity index (χ1n) is 7.93. The quantitative estimate of drug-likeness (QED) is 0.381.